The molecule has 0 aromatic carbocycles. The minimum Gasteiger partial charge on any atom is -0.478 e. The van der Waals surface area contributed by atoms with Crippen molar-refractivity contribution < 1.29 is 9.90 Å². The molecule has 0 aliphatic carbocycles. The lowest BCUT2D eigenvalue weighted by molar-refractivity contribution is -0.131. The van der Waals surface area contributed by atoms with Gasteiger partial charge in [0.05, 0.1) is 0 Å². The first-order valence-corrected chi connectivity index (χ1v) is 4.69. The van der Waals surface area contributed by atoms with E-state index in [9.17, 15) is 4.79 Å². The maximum absolute atomic E-state index is 10.1. The van der Waals surface area contributed by atoms with E-state index in [1.807, 2.05) is 6.08 Å². The summed E-state index contributed by atoms with van der Waals surface area (Å²) >= 11 is 0. The van der Waals surface area contributed by atoms with Crippen LogP contribution in [0.15, 0.2) is 24.3 Å². The molecule has 0 aromatic heterocycles. The molecule has 2 heteroatoms. The summed E-state index contributed by atoms with van der Waals surface area (Å²) in [7, 11) is 0. The predicted molar refractivity (Wildman–Crippen MR) is 54.6 cm³/mol. The van der Waals surface area contributed by atoms with Crippen molar-refractivity contribution in [1.29, 1.82) is 0 Å². The Bertz CT molecular complexity index is 190. The molecule has 0 aromatic rings. The summed E-state index contributed by atoms with van der Waals surface area (Å²) in [6.07, 6.45) is 9.91. The third-order valence-electron chi connectivity index (χ3n) is 1.64. The molecule has 0 saturated heterocycles. The molecule has 0 amide bonds. The van der Waals surface area contributed by atoms with Crippen molar-refractivity contribution in [2.45, 2.75) is 33.1 Å². The highest BCUT2D eigenvalue weighted by molar-refractivity contribution is 5.80. The van der Waals surface area contributed by atoms with Gasteiger partial charge in [-0.1, -0.05) is 38.5 Å². The van der Waals surface area contributed by atoms with Crippen LogP contribution in [0.3, 0.4) is 0 Å². The molecule has 74 valence electrons. The zero-order valence-corrected chi connectivity index (χ0v) is 8.36. The monoisotopic (exact) mass is 182 g/mol. The van der Waals surface area contributed by atoms with Gasteiger partial charge in [-0.2, -0.15) is 0 Å². The molecule has 0 aliphatic heterocycles. The molecular weight excluding hydrogens is 164 g/mol. The van der Waals surface area contributed by atoms with Gasteiger partial charge in [0, 0.05) is 6.08 Å². The first-order valence-electron chi connectivity index (χ1n) is 4.69. The molecular formula is C11H18O2. The van der Waals surface area contributed by atoms with E-state index in [0.29, 0.717) is 0 Å². The summed E-state index contributed by atoms with van der Waals surface area (Å²) in [5.74, 6) is -0.144. The lowest BCUT2D eigenvalue weighted by atomic mass is 10.1. The number of rotatable bonds is 6. The van der Waals surface area contributed by atoms with Crippen molar-refractivity contribution in [1.82, 2.24) is 0 Å². The van der Waals surface area contributed by atoms with E-state index in [-0.39, 0.29) is 0 Å². The third kappa shape index (κ3) is 10.9. The first-order chi connectivity index (χ1) is 6.13. The second-order valence-corrected chi connectivity index (χ2v) is 3.45. The van der Waals surface area contributed by atoms with Gasteiger partial charge in [-0.05, 0) is 18.8 Å². The van der Waals surface area contributed by atoms with Gasteiger partial charge in [-0.3, -0.25) is 0 Å². The topological polar surface area (TPSA) is 37.3 Å². The largest absolute Gasteiger partial charge is 0.478 e. The highest BCUT2D eigenvalue weighted by Gasteiger charge is 1.90. The van der Waals surface area contributed by atoms with Gasteiger partial charge < -0.3 is 5.11 Å². The van der Waals surface area contributed by atoms with Crippen LogP contribution in [-0.2, 0) is 4.79 Å². The van der Waals surface area contributed by atoms with E-state index < -0.39 is 5.97 Å². The summed E-state index contributed by atoms with van der Waals surface area (Å²) in [6.45, 7) is 4.40. The Morgan fingerprint density at radius 2 is 2.08 bits per heavy atom. The second-order valence-electron chi connectivity index (χ2n) is 3.45. The summed E-state index contributed by atoms with van der Waals surface area (Å²) in [5, 5.41) is 8.27. The molecule has 0 atom stereocenters. The molecule has 0 fully saturated rings. The van der Waals surface area contributed by atoms with E-state index in [0.717, 1.165) is 18.4 Å². The molecule has 13 heavy (non-hydrogen) atoms. The molecule has 0 aliphatic rings. The zero-order chi connectivity index (χ0) is 10.1. The van der Waals surface area contributed by atoms with Crippen LogP contribution in [0.4, 0.5) is 0 Å². The number of allylic oxidation sites excluding steroid dienone is 3. The summed E-state index contributed by atoms with van der Waals surface area (Å²) in [4.78, 5) is 10.1. The molecule has 0 spiro atoms. The van der Waals surface area contributed by atoms with Gasteiger partial charge in [-0.15, -0.1) is 0 Å². The molecule has 0 unspecified atom stereocenters. The van der Waals surface area contributed by atoms with Crippen LogP contribution in [0.25, 0.3) is 0 Å². The van der Waals surface area contributed by atoms with Crippen molar-refractivity contribution >= 4 is 5.97 Å². The Balaban J connectivity index is 3.37. The average Bonchev–Trinajstić information content (AvgIpc) is 2.01. The number of hydrogen-bond donors (Lipinski definition) is 1. The van der Waals surface area contributed by atoms with E-state index in [2.05, 4.69) is 13.8 Å². The Morgan fingerprint density at radius 3 is 2.62 bits per heavy atom. The molecule has 0 rings (SSSR count). The highest BCUT2D eigenvalue weighted by Crippen LogP contribution is 2.06. The first kappa shape index (κ1) is 11.9. The highest BCUT2D eigenvalue weighted by atomic mass is 16.4. The zero-order valence-electron chi connectivity index (χ0n) is 8.36. The number of carboxylic acids is 1. The Morgan fingerprint density at radius 1 is 1.38 bits per heavy atom. The summed E-state index contributed by atoms with van der Waals surface area (Å²) in [6, 6.07) is 0. The Labute approximate surface area is 80.0 Å². The minimum atomic E-state index is -0.896. The van der Waals surface area contributed by atoms with E-state index in [4.69, 9.17) is 5.11 Å². The van der Waals surface area contributed by atoms with Crippen molar-refractivity contribution in [2.75, 3.05) is 0 Å². The van der Waals surface area contributed by atoms with Gasteiger partial charge in [0.1, 0.15) is 0 Å². The van der Waals surface area contributed by atoms with E-state index >= 15 is 0 Å². The Kier molecular flexibility index (Phi) is 6.98. The average molecular weight is 182 g/mol. The fraction of sp³-hybridized carbons (Fsp3) is 0.545. The molecule has 0 heterocycles. The normalized spacial score (nSPS) is 11.9. The third-order valence-corrected chi connectivity index (χ3v) is 1.64. The maximum Gasteiger partial charge on any atom is 0.328 e. The van der Waals surface area contributed by atoms with Gasteiger partial charge in [-0.25, -0.2) is 4.79 Å². The lowest BCUT2D eigenvalue weighted by Gasteiger charge is -1.99. The fourth-order valence-electron chi connectivity index (χ4n) is 0.957. The number of carbonyl (C=O) groups is 1. The Hall–Kier alpha value is -1.05. The smallest absolute Gasteiger partial charge is 0.328 e. The van der Waals surface area contributed by atoms with Gasteiger partial charge >= 0.3 is 5.97 Å². The van der Waals surface area contributed by atoms with Crippen LogP contribution in [-0.4, -0.2) is 11.1 Å². The predicted octanol–water partition coefficient (Wildman–Crippen LogP) is 3.01. The lowest BCUT2D eigenvalue weighted by Crippen LogP contribution is -1.85. The molecule has 0 saturated carbocycles. The van der Waals surface area contributed by atoms with Crippen molar-refractivity contribution in [2.24, 2.45) is 5.92 Å². The van der Waals surface area contributed by atoms with Gasteiger partial charge in [0.25, 0.3) is 0 Å². The van der Waals surface area contributed by atoms with Crippen LogP contribution in [0, 0.1) is 5.92 Å². The van der Waals surface area contributed by atoms with Crippen LogP contribution in [0.5, 0.6) is 0 Å². The van der Waals surface area contributed by atoms with Gasteiger partial charge in [0.15, 0.2) is 0 Å². The van der Waals surface area contributed by atoms with Crippen LogP contribution in [0.1, 0.15) is 33.1 Å². The number of aliphatic carboxylic acids is 1. The minimum absolute atomic E-state index is 0.753. The molecule has 1 N–H and O–H groups in total. The van der Waals surface area contributed by atoms with Crippen LogP contribution < -0.4 is 0 Å². The number of carboxylic acid groups (broad SMARTS) is 1. The summed E-state index contributed by atoms with van der Waals surface area (Å²) in [5.41, 5.74) is 0. The molecule has 0 bridgehead atoms. The second kappa shape index (κ2) is 7.59. The standard InChI is InChI=1S/C11H18O2/c1-10(2)8-6-4-3-5-7-9-11(12)13/h3,5,7,9-10H,4,6,8H2,1-2H3,(H,12,13). The summed E-state index contributed by atoms with van der Waals surface area (Å²) < 4.78 is 0. The SMILES string of the molecule is CC(C)CCCC=CC=CC(=O)O. The number of unbranched alkanes of at least 4 members (excludes halogenated alkanes) is 1. The fourth-order valence-corrected chi connectivity index (χ4v) is 0.957. The molecule has 2 nitrogen and oxygen atoms in total. The quantitative estimate of drug-likeness (QED) is 0.389. The van der Waals surface area contributed by atoms with Crippen molar-refractivity contribution in [3.63, 3.8) is 0 Å². The number of hydrogen-bond acceptors (Lipinski definition) is 1. The van der Waals surface area contributed by atoms with E-state index in [1.165, 1.54) is 12.8 Å². The van der Waals surface area contributed by atoms with Crippen molar-refractivity contribution in [3.8, 4) is 0 Å². The maximum atomic E-state index is 10.1. The van der Waals surface area contributed by atoms with Crippen LogP contribution >= 0.6 is 0 Å². The molecule has 0 radical (unpaired) electrons. The van der Waals surface area contributed by atoms with E-state index in [1.54, 1.807) is 12.2 Å². The van der Waals surface area contributed by atoms with Gasteiger partial charge in [0.2, 0.25) is 0 Å². The van der Waals surface area contributed by atoms with Crippen LogP contribution in [0.2, 0.25) is 0 Å². The van der Waals surface area contributed by atoms with Crippen molar-refractivity contribution in [3.05, 3.63) is 24.3 Å².